The quantitative estimate of drug-likeness (QED) is 0.376. The highest BCUT2D eigenvalue weighted by molar-refractivity contribution is 5.70. The van der Waals surface area contributed by atoms with Gasteiger partial charge in [-0.1, -0.05) is 109 Å². The predicted octanol–water partition coefficient (Wildman–Crippen LogP) is 6.81. The summed E-state index contributed by atoms with van der Waals surface area (Å²) in [7, 11) is 0. The molecule has 0 fully saturated rings. The van der Waals surface area contributed by atoms with Crippen LogP contribution in [0.4, 0.5) is 0 Å². The van der Waals surface area contributed by atoms with Crippen LogP contribution in [0.15, 0.2) is 109 Å². The highest BCUT2D eigenvalue weighted by Gasteiger charge is 2.01. The van der Waals surface area contributed by atoms with Gasteiger partial charge in [-0.15, -0.1) is 0 Å². The molecule has 4 rings (SSSR count). The van der Waals surface area contributed by atoms with Gasteiger partial charge >= 0.3 is 0 Å². The molecule has 0 saturated heterocycles. The molecule has 0 heterocycles. The molecule has 0 heteroatoms. The van der Waals surface area contributed by atoms with Gasteiger partial charge in [0.25, 0.3) is 0 Å². The molecule has 0 nitrogen and oxygen atoms in total. The molecule has 26 heavy (non-hydrogen) atoms. The van der Waals surface area contributed by atoms with Crippen LogP contribution in [0, 0.1) is 0 Å². The molecule has 0 aliphatic rings. The number of hydrogen-bond donors (Lipinski definition) is 0. The topological polar surface area (TPSA) is 0 Å². The molecule has 0 bridgehead atoms. The van der Waals surface area contributed by atoms with Gasteiger partial charge in [-0.2, -0.15) is 0 Å². The molecule has 0 aliphatic carbocycles. The molecule has 0 atom stereocenters. The van der Waals surface area contributed by atoms with Crippen LogP contribution >= 0.6 is 0 Å². The molecule has 4 aromatic rings. The Kier molecular flexibility index (Phi) is 4.93. The van der Waals surface area contributed by atoms with Crippen LogP contribution in [0.2, 0.25) is 0 Å². The van der Waals surface area contributed by atoms with Gasteiger partial charge in [0.15, 0.2) is 0 Å². The maximum atomic E-state index is 2.25. The Hall–Kier alpha value is -3.12. The van der Waals surface area contributed by atoms with Crippen molar-refractivity contribution >= 4 is 0 Å². The van der Waals surface area contributed by atoms with Crippen molar-refractivity contribution in [2.24, 2.45) is 0 Å². The normalized spacial score (nSPS) is 10.6. The van der Waals surface area contributed by atoms with E-state index in [-0.39, 0.29) is 0 Å². The first-order chi connectivity index (χ1) is 12.9. The van der Waals surface area contributed by atoms with Gasteiger partial charge in [-0.3, -0.25) is 0 Å². The summed E-state index contributed by atoms with van der Waals surface area (Å²) in [6, 6.07) is 39.0. The molecule has 0 spiro atoms. The third-order valence-corrected chi connectivity index (χ3v) is 4.82. The molecule has 0 amide bonds. The van der Waals surface area contributed by atoms with Crippen LogP contribution in [-0.2, 0) is 12.8 Å². The third kappa shape index (κ3) is 3.92. The highest BCUT2D eigenvalue weighted by atomic mass is 14.1. The summed E-state index contributed by atoms with van der Waals surface area (Å²) >= 11 is 0. The number of rotatable bonds is 5. The van der Waals surface area contributed by atoms with Crippen molar-refractivity contribution in [1.82, 2.24) is 0 Å². The molecular formula is C26H22. The lowest BCUT2D eigenvalue weighted by Gasteiger charge is -2.07. The Morgan fingerprint density at radius 1 is 0.308 bits per heavy atom. The summed E-state index contributed by atoms with van der Waals surface area (Å²) in [4.78, 5) is 0. The first-order valence-corrected chi connectivity index (χ1v) is 9.17. The summed E-state index contributed by atoms with van der Waals surface area (Å²) in [6.45, 7) is 0. The van der Waals surface area contributed by atoms with Crippen molar-refractivity contribution in [3.05, 3.63) is 120 Å². The van der Waals surface area contributed by atoms with E-state index in [0.29, 0.717) is 0 Å². The van der Waals surface area contributed by atoms with Crippen LogP contribution in [0.1, 0.15) is 11.1 Å². The number of hydrogen-bond acceptors (Lipinski definition) is 0. The van der Waals surface area contributed by atoms with Crippen LogP contribution in [0.25, 0.3) is 22.3 Å². The van der Waals surface area contributed by atoms with Crippen LogP contribution in [-0.4, -0.2) is 0 Å². The van der Waals surface area contributed by atoms with Crippen molar-refractivity contribution in [3.8, 4) is 22.3 Å². The Labute approximate surface area is 155 Å². The smallest absolute Gasteiger partial charge is 0.0184 e. The van der Waals surface area contributed by atoms with Crippen molar-refractivity contribution < 1.29 is 0 Å². The van der Waals surface area contributed by atoms with Crippen molar-refractivity contribution in [3.63, 3.8) is 0 Å². The fraction of sp³-hybridized carbons (Fsp3) is 0.0769. The SMILES string of the molecule is c1ccc(CCc2ccc(-c3ccc(-c4ccccc4)cc3)cc2)cc1. The molecule has 0 saturated carbocycles. The van der Waals surface area contributed by atoms with E-state index in [9.17, 15) is 0 Å². The van der Waals surface area contributed by atoms with Gasteiger partial charge in [0.05, 0.1) is 0 Å². The zero-order valence-electron chi connectivity index (χ0n) is 14.8. The average Bonchev–Trinajstić information content (AvgIpc) is 2.74. The zero-order chi connectivity index (χ0) is 17.6. The van der Waals surface area contributed by atoms with Crippen LogP contribution in [0.3, 0.4) is 0 Å². The molecule has 0 unspecified atom stereocenters. The summed E-state index contributed by atoms with van der Waals surface area (Å²) in [5, 5.41) is 0. The lowest BCUT2D eigenvalue weighted by atomic mass is 9.98. The van der Waals surface area contributed by atoms with E-state index < -0.39 is 0 Å². The van der Waals surface area contributed by atoms with Gasteiger partial charge in [-0.25, -0.2) is 0 Å². The van der Waals surface area contributed by atoms with Gasteiger partial charge < -0.3 is 0 Å². The molecule has 4 aromatic carbocycles. The van der Waals surface area contributed by atoms with E-state index in [1.807, 2.05) is 0 Å². The molecule has 0 N–H and O–H groups in total. The summed E-state index contributed by atoms with van der Waals surface area (Å²) < 4.78 is 0. The van der Waals surface area contributed by atoms with Gasteiger partial charge in [0.2, 0.25) is 0 Å². The first kappa shape index (κ1) is 16.4. The van der Waals surface area contributed by atoms with Crippen LogP contribution < -0.4 is 0 Å². The highest BCUT2D eigenvalue weighted by Crippen LogP contribution is 2.25. The summed E-state index contributed by atoms with van der Waals surface area (Å²) in [6.07, 6.45) is 2.17. The Balaban J connectivity index is 1.45. The zero-order valence-corrected chi connectivity index (χ0v) is 14.8. The van der Waals surface area contributed by atoms with E-state index in [0.717, 1.165) is 12.8 Å². The minimum Gasteiger partial charge on any atom is -0.0622 e. The Bertz CT molecular complexity index is 934. The van der Waals surface area contributed by atoms with Gasteiger partial charge in [0.1, 0.15) is 0 Å². The lowest BCUT2D eigenvalue weighted by Crippen LogP contribution is -1.91. The summed E-state index contributed by atoms with van der Waals surface area (Å²) in [5.74, 6) is 0. The van der Waals surface area contributed by atoms with E-state index in [1.165, 1.54) is 33.4 Å². The molecule has 126 valence electrons. The van der Waals surface area contributed by atoms with E-state index >= 15 is 0 Å². The third-order valence-electron chi connectivity index (χ3n) is 4.82. The second-order valence-corrected chi connectivity index (χ2v) is 6.63. The minimum atomic E-state index is 1.08. The number of benzene rings is 4. The second-order valence-electron chi connectivity index (χ2n) is 6.63. The molecule has 0 radical (unpaired) electrons. The largest absolute Gasteiger partial charge is 0.0622 e. The first-order valence-electron chi connectivity index (χ1n) is 9.17. The monoisotopic (exact) mass is 334 g/mol. The Morgan fingerprint density at radius 3 is 1.15 bits per heavy atom. The van der Waals surface area contributed by atoms with E-state index in [2.05, 4.69) is 109 Å². The second kappa shape index (κ2) is 7.84. The van der Waals surface area contributed by atoms with E-state index in [4.69, 9.17) is 0 Å². The predicted molar refractivity (Wildman–Crippen MR) is 111 cm³/mol. The molecular weight excluding hydrogens is 312 g/mol. The number of aryl methyl sites for hydroxylation is 2. The molecule has 0 aromatic heterocycles. The summed E-state index contributed by atoms with van der Waals surface area (Å²) in [5.41, 5.74) is 7.84. The minimum absolute atomic E-state index is 1.08. The van der Waals surface area contributed by atoms with Gasteiger partial charge in [-0.05, 0) is 46.2 Å². The fourth-order valence-corrected chi connectivity index (χ4v) is 3.28. The van der Waals surface area contributed by atoms with Crippen LogP contribution in [0.5, 0.6) is 0 Å². The van der Waals surface area contributed by atoms with E-state index in [1.54, 1.807) is 0 Å². The average molecular weight is 334 g/mol. The maximum Gasteiger partial charge on any atom is -0.0184 e. The van der Waals surface area contributed by atoms with Crippen molar-refractivity contribution in [2.45, 2.75) is 12.8 Å². The standard InChI is InChI=1S/C26H22/c1-3-7-21(8-4-1)11-12-22-13-15-24(16-14-22)26-19-17-25(18-20-26)23-9-5-2-6-10-23/h1-10,13-20H,11-12H2. The van der Waals surface area contributed by atoms with Crippen molar-refractivity contribution in [1.29, 1.82) is 0 Å². The maximum absolute atomic E-state index is 2.25. The van der Waals surface area contributed by atoms with Gasteiger partial charge in [0, 0.05) is 0 Å². The Morgan fingerprint density at radius 2 is 0.654 bits per heavy atom. The lowest BCUT2D eigenvalue weighted by molar-refractivity contribution is 0.960. The fourth-order valence-electron chi connectivity index (χ4n) is 3.28. The molecule has 0 aliphatic heterocycles. The van der Waals surface area contributed by atoms with Crippen molar-refractivity contribution in [2.75, 3.05) is 0 Å².